The third-order valence-corrected chi connectivity index (χ3v) is 2.05. The predicted molar refractivity (Wildman–Crippen MR) is 58.0 cm³/mol. The Morgan fingerprint density at radius 3 is 2.75 bits per heavy atom. The molecule has 0 unspecified atom stereocenters. The standard InChI is InChI=1S/C9H9ClN2O4/c1-5(13)16-4-6-2-7(10)3-8(9(6)11)12(14)15/h2-3H,4,11H2,1H3. The molecule has 0 fully saturated rings. The van der Waals surface area contributed by atoms with Crippen LogP contribution >= 0.6 is 11.6 Å². The van der Waals surface area contributed by atoms with E-state index in [2.05, 4.69) is 0 Å². The Bertz CT molecular complexity index is 447. The first kappa shape index (κ1) is 12.3. The Kier molecular flexibility index (Phi) is 3.68. The summed E-state index contributed by atoms with van der Waals surface area (Å²) in [5, 5.41) is 10.8. The van der Waals surface area contributed by atoms with Gasteiger partial charge in [-0.2, -0.15) is 0 Å². The maximum absolute atomic E-state index is 10.6. The van der Waals surface area contributed by atoms with Gasteiger partial charge in [0.15, 0.2) is 0 Å². The van der Waals surface area contributed by atoms with Gasteiger partial charge in [-0.25, -0.2) is 0 Å². The van der Waals surface area contributed by atoms with Crippen LogP contribution in [-0.2, 0) is 16.1 Å². The number of ether oxygens (including phenoxy) is 1. The van der Waals surface area contributed by atoms with Gasteiger partial charge in [0.05, 0.1) is 4.92 Å². The lowest BCUT2D eigenvalue weighted by atomic mass is 10.1. The molecule has 2 N–H and O–H groups in total. The van der Waals surface area contributed by atoms with Gasteiger partial charge in [-0.15, -0.1) is 0 Å². The number of benzene rings is 1. The molecule has 0 amide bonds. The molecule has 86 valence electrons. The van der Waals surface area contributed by atoms with Crippen LogP contribution in [0.25, 0.3) is 0 Å². The van der Waals surface area contributed by atoms with Crippen molar-refractivity contribution in [1.82, 2.24) is 0 Å². The van der Waals surface area contributed by atoms with E-state index in [0.29, 0.717) is 5.56 Å². The van der Waals surface area contributed by atoms with Crippen LogP contribution in [0.1, 0.15) is 12.5 Å². The highest BCUT2D eigenvalue weighted by atomic mass is 35.5. The summed E-state index contributed by atoms with van der Waals surface area (Å²) < 4.78 is 4.70. The van der Waals surface area contributed by atoms with E-state index in [1.807, 2.05) is 0 Å². The van der Waals surface area contributed by atoms with Crippen LogP contribution in [0, 0.1) is 10.1 Å². The number of rotatable bonds is 3. The van der Waals surface area contributed by atoms with Gasteiger partial charge in [-0.3, -0.25) is 14.9 Å². The summed E-state index contributed by atoms with van der Waals surface area (Å²) in [6.07, 6.45) is 0. The van der Waals surface area contributed by atoms with Gasteiger partial charge in [0.1, 0.15) is 12.3 Å². The predicted octanol–water partition coefficient (Wildman–Crippen LogP) is 1.89. The summed E-state index contributed by atoms with van der Waals surface area (Å²) in [6, 6.07) is 2.57. The Morgan fingerprint density at radius 2 is 2.25 bits per heavy atom. The summed E-state index contributed by atoms with van der Waals surface area (Å²) in [4.78, 5) is 20.6. The molecule has 0 aliphatic rings. The van der Waals surface area contributed by atoms with Gasteiger partial charge in [0.2, 0.25) is 0 Å². The van der Waals surface area contributed by atoms with Gasteiger partial charge in [0, 0.05) is 23.6 Å². The first-order chi connectivity index (χ1) is 7.41. The molecule has 0 radical (unpaired) electrons. The highest BCUT2D eigenvalue weighted by molar-refractivity contribution is 6.31. The monoisotopic (exact) mass is 244 g/mol. The summed E-state index contributed by atoms with van der Waals surface area (Å²) >= 11 is 5.68. The van der Waals surface area contributed by atoms with E-state index in [1.165, 1.54) is 13.0 Å². The smallest absolute Gasteiger partial charge is 0.302 e. The quantitative estimate of drug-likeness (QED) is 0.379. The molecule has 7 heteroatoms. The number of nitrogen functional groups attached to an aromatic ring is 1. The number of anilines is 1. The molecule has 1 aromatic rings. The van der Waals surface area contributed by atoms with Crippen molar-refractivity contribution in [2.45, 2.75) is 13.5 Å². The fraction of sp³-hybridized carbons (Fsp3) is 0.222. The maximum atomic E-state index is 10.6. The first-order valence-corrected chi connectivity index (χ1v) is 4.65. The summed E-state index contributed by atoms with van der Waals surface area (Å²) in [5.41, 5.74) is 5.52. The van der Waals surface area contributed by atoms with Crippen LogP contribution in [0.4, 0.5) is 11.4 Å². The van der Waals surface area contributed by atoms with Crippen molar-refractivity contribution in [2.24, 2.45) is 0 Å². The minimum absolute atomic E-state index is 0.0457. The van der Waals surface area contributed by atoms with Crippen molar-refractivity contribution in [3.05, 3.63) is 32.8 Å². The van der Waals surface area contributed by atoms with Crippen LogP contribution in [0.5, 0.6) is 0 Å². The van der Waals surface area contributed by atoms with Gasteiger partial charge < -0.3 is 10.5 Å². The first-order valence-electron chi connectivity index (χ1n) is 4.27. The van der Waals surface area contributed by atoms with Crippen molar-refractivity contribution in [1.29, 1.82) is 0 Å². The highest BCUT2D eigenvalue weighted by Crippen LogP contribution is 2.29. The number of esters is 1. The van der Waals surface area contributed by atoms with Gasteiger partial charge in [-0.1, -0.05) is 11.6 Å². The molecular formula is C9H9ClN2O4. The van der Waals surface area contributed by atoms with E-state index in [1.54, 1.807) is 0 Å². The topological polar surface area (TPSA) is 95.5 Å². The number of nitro groups is 1. The normalized spacial score (nSPS) is 9.88. The molecule has 0 spiro atoms. The molecular weight excluding hydrogens is 236 g/mol. The Balaban J connectivity index is 3.09. The number of hydrogen-bond acceptors (Lipinski definition) is 5. The molecule has 0 aliphatic heterocycles. The second kappa shape index (κ2) is 4.80. The van der Waals surface area contributed by atoms with Crippen molar-refractivity contribution in [2.75, 3.05) is 5.73 Å². The molecule has 16 heavy (non-hydrogen) atoms. The Labute approximate surface area is 96.1 Å². The molecule has 0 bridgehead atoms. The van der Waals surface area contributed by atoms with E-state index >= 15 is 0 Å². The molecule has 0 saturated heterocycles. The molecule has 0 heterocycles. The molecule has 0 saturated carbocycles. The zero-order chi connectivity index (χ0) is 12.3. The number of carbonyl (C=O) groups excluding carboxylic acids is 1. The summed E-state index contributed by atoms with van der Waals surface area (Å²) in [5.74, 6) is -0.498. The van der Waals surface area contributed by atoms with Gasteiger partial charge in [-0.05, 0) is 6.07 Å². The number of carbonyl (C=O) groups is 1. The number of halogens is 1. The van der Waals surface area contributed by atoms with Crippen molar-refractivity contribution >= 4 is 28.9 Å². The molecule has 0 aliphatic carbocycles. The van der Waals surface area contributed by atoms with Crippen LogP contribution in [0.2, 0.25) is 5.02 Å². The molecule has 0 aromatic heterocycles. The fourth-order valence-electron chi connectivity index (χ4n) is 1.11. The van der Waals surface area contributed by atoms with Crippen LogP contribution in [-0.4, -0.2) is 10.9 Å². The van der Waals surface area contributed by atoms with Crippen LogP contribution in [0.15, 0.2) is 12.1 Å². The maximum Gasteiger partial charge on any atom is 0.302 e. The molecule has 6 nitrogen and oxygen atoms in total. The Morgan fingerprint density at radius 1 is 1.62 bits per heavy atom. The average molecular weight is 245 g/mol. The van der Waals surface area contributed by atoms with E-state index < -0.39 is 10.9 Å². The zero-order valence-corrected chi connectivity index (χ0v) is 9.15. The fourth-order valence-corrected chi connectivity index (χ4v) is 1.34. The molecule has 1 rings (SSSR count). The number of nitrogens with zero attached hydrogens (tertiary/aromatic N) is 1. The zero-order valence-electron chi connectivity index (χ0n) is 8.40. The second-order valence-corrected chi connectivity index (χ2v) is 3.47. The van der Waals surface area contributed by atoms with Crippen molar-refractivity contribution in [3.63, 3.8) is 0 Å². The van der Waals surface area contributed by atoms with E-state index in [-0.39, 0.29) is 23.0 Å². The SMILES string of the molecule is CC(=O)OCc1cc(Cl)cc([N+](=O)[O-])c1N. The van der Waals surface area contributed by atoms with Gasteiger partial charge in [0.25, 0.3) is 5.69 Å². The average Bonchev–Trinajstić information content (AvgIpc) is 2.18. The van der Waals surface area contributed by atoms with Gasteiger partial charge >= 0.3 is 5.97 Å². The summed E-state index contributed by atoms with van der Waals surface area (Å²) in [6.45, 7) is 1.09. The highest BCUT2D eigenvalue weighted by Gasteiger charge is 2.17. The van der Waals surface area contributed by atoms with E-state index in [0.717, 1.165) is 6.07 Å². The largest absolute Gasteiger partial charge is 0.461 e. The second-order valence-electron chi connectivity index (χ2n) is 3.04. The lowest BCUT2D eigenvalue weighted by Crippen LogP contribution is -2.04. The van der Waals surface area contributed by atoms with Crippen LogP contribution in [0.3, 0.4) is 0 Å². The third kappa shape index (κ3) is 2.83. The molecule has 0 atom stereocenters. The lowest BCUT2D eigenvalue weighted by molar-refractivity contribution is -0.384. The van der Waals surface area contributed by atoms with E-state index in [4.69, 9.17) is 22.1 Å². The molecule has 1 aromatic carbocycles. The van der Waals surface area contributed by atoms with Crippen LogP contribution < -0.4 is 5.73 Å². The van der Waals surface area contributed by atoms with Crippen molar-refractivity contribution in [3.8, 4) is 0 Å². The third-order valence-electron chi connectivity index (χ3n) is 1.84. The van der Waals surface area contributed by atoms with Crippen molar-refractivity contribution < 1.29 is 14.5 Å². The summed E-state index contributed by atoms with van der Waals surface area (Å²) in [7, 11) is 0. The minimum Gasteiger partial charge on any atom is -0.461 e. The van der Waals surface area contributed by atoms with E-state index in [9.17, 15) is 14.9 Å². The minimum atomic E-state index is -0.640. The lowest BCUT2D eigenvalue weighted by Gasteiger charge is -2.06. The Hall–Kier alpha value is -1.82. The number of hydrogen-bond donors (Lipinski definition) is 1. The number of nitro benzene ring substituents is 1. The number of nitrogens with two attached hydrogens (primary N) is 1.